The zero-order valence-electron chi connectivity index (χ0n) is 17.2. The minimum Gasteiger partial charge on any atom is -0.353 e. The smallest absolute Gasteiger partial charge is 0.270 e. The lowest BCUT2D eigenvalue weighted by atomic mass is 10.1. The van der Waals surface area contributed by atoms with Crippen molar-refractivity contribution in [2.75, 3.05) is 4.90 Å². The number of para-hydroxylation sites is 3. The van der Waals surface area contributed by atoms with Crippen LogP contribution in [0.15, 0.2) is 85.1 Å². The summed E-state index contributed by atoms with van der Waals surface area (Å²) in [6.45, 7) is 0. The Morgan fingerprint density at radius 3 is 2.48 bits per heavy atom. The van der Waals surface area contributed by atoms with Gasteiger partial charge >= 0.3 is 0 Å². The second-order valence-corrected chi connectivity index (χ2v) is 7.88. The molecule has 33 heavy (non-hydrogen) atoms. The lowest BCUT2D eigenvalue weighted by Crippen LogP contribution is -2.36. The van der Waals surface area contributed by atoms with Crippen LogP contribution in [0.5, 0.6) is 0 Å². The van der Waals surface area contributed by atoms with Crippen LogP contribution in [0, 0.1) is 5.82 Å². The van der Waals surface area contributed by atoms with E-state index in [-0.39, 0.29) is 11.4 Å². The molecular formula is C26H17FN4O2. The predicted octanol–water partition coefficient (Wildman–Crippen LogP) is 5.00. The van der Waals surface area contributed by atoms with Gasteiger partial charge in [-0.05, 0) is 30.3 Å². The molecule has 5 aromatic rings. The van der Waals surface area contributed by atoms with E-state index in [1.165, 1.54) is 11.0 Å². The molecule has 6 rings (SSSR count). The number of aromatic amines is 1. The molecule has 6 nitrogen and oxygen atoms in total. The third-order valence-electron chi connectivity index (χ3n) is 5.95. The zero-order valence-corrected chi connectivity index (χ0v) is 17.2. The Labute approximate surface area is 187 Å². The summed E-state index contributed by atoms with van der Waals surface area (Å²) in [7, 11) is 0. The summed E-state index contributed by atoms with van der Waals surface area (Å²) >= 11 is 0. The van der Waals surface area contributed by atoms with Crippen molar-refractivity contribution in [1.82, 2.24) is 15.3 Å². The Morgan fingerprint density at radius 1 is 0.909 bits per heavy atom. The van der Waals surface area contributed by atoms with Crippen molar-refractivity contribution < 1.29 is 14.0 Å². The number of H-pyrrole nitrogens is 1. The van der Waals surface area contributed by atoms with Gasteiger partial charge in [0.25, 0.3) is 11.8 Å². The number of fused-ring (bicyclic) bond motifs is 4. The van der Waals surface area contributed by atoms with Crippen LogP contribution in [-0.2, 0) is 4.79 Å². The summed E-state index contributed by atoms with van der Waals surface area (Å²) in [5, 5.41) is 4.66. The van der Waals surface area contributed by atoms with Crippen molar-refractivity contribution in [3.63, 3.8) is 0 Å². The van der Waals surface area contributed by atoms with Gasteiger partial charge in [-0.3, -0.25) is 14.5 Å². The highest BCUT2D eigenvalue weighted by molar-refractivity contribution is 6.13. The number of carbonyl (C=O) groups is 2. The first-order valence-corrected chi connectivity index (χ1v) is 10.5. The minimum atomic E-state index is -0.950. The van der Waals surface area contributed by atoms with Crippen LogP contribution in [0.4, 0.5) is 15.8 Å². The topological polar surface area (TPSA) is 78.1 Å². The van der Waals surface area contributed by atoms with Gasteiger partial charge in [-0.2, -0.15) is 0 Å². The number of anilines is 2. The van der Waals surface area contributed by atoms with Crippen LogP contribution in [0.1, 0.15) is 22.1 Å². The Kier molecular flexibility index (Phi) is 4.23. The highest BCUT2D eigenvalue weighted by Gasteiger charge is 2.40. The van der Waals surface area contributed by atoms with E-state index < -0.39 is 23.7 Å². The standard InChI is InChI=1S/C26H17FN4O2/c27-18-9-3-6-12-23(18)31-22-11-5-2-8-16(22)24(26(31)33)30-25(32)20-13-17-15-7-1-4-10-19(15)29-21(17)14-28-20/h1-14,24,29H,(H,30,32). The fourth-order valence-corrected chi connectivity index (χ4v) is 4.42. The van der Waals surface area contributed by atoms with Crippen molar-refractivity contribution in [2.24, 2.45) is 0 Å². The predicted molar refractivity (Wildman–Crippen MR) is 124 cm³/mol. The molecule has 1 atom stereocenters. The van der Waals surface area contributed by atoms with Crippen LogP contribution in [-0.4, -0.2) is 21.8 Å². The number of nitrogens with zero attached hydrogens (tertiary/aromatic N) is 2. The van der Waals surface area contributed by atoms with Crippen molar-refractivity contribution in [3.8, 4) is 0 Å². The first-order valence-electron chi connectivity index (χ1n) is 10.5. The third kappa shape index (κ3) is 2.97. The summed E-state index contributed by atoms with van der Waals surface area (Å²) < 4.78 is 14.5. The first kappa shape index (κ1) is 19.2. The first-order chi connectivity index (χ1) is 16.1. The highest BCUT2D eigenvalue weighted by atomic mass is 19.1. The van der Waals surface area contributed by atoms with Crippen LogP contribution < -0.4 is 10.2 Å². The van der Waals surface area contributed by atoms with Crippen molar-refractivity contribution in [1.29, 1.82) is 0 Å². The van der Waals surface area contributed by atoms with Crippen LogP contribution >= 0.6 is 0 Å². The van der Waals surface area contributed by atoms with E-state index in [9.17, 15) is 14.0 Å². The quantitative estimate of drug-likeness (QED) is 0.418. The normalized spacial score (nSPS) is 15.2. The number of amides is 2. The van der Waals surface area contributed by atoms with Gasteiger partial charge in [-0.25, -0.2) is 9.37 Å². The number of hydrogen-bond acceptors (Lipinski definition) is 3. The van der Waals surface area contributed by atoms with E-state index in [1.54, 1.807) is 54.7 Å². The number of hydrogen-bond donors (Lipinski definition) is 2. The molecule has 160 valence electrons. The highest BCUT2D eigenvalue weighted by Crippen LogP contribution is 2.41. The molecule has 0 saturated carbocycles. The van der Waals surface area contributed by atoms with Crippen LogP contribution in [0.25, 0.3) is 21.8 Å². The van der Waals surface area contributed by atoms with E-state index in [0.717, 1.165) is 21.8 Å². The van der Waals surface area contributed by atoms with Crippen molar-refractivity contribution in [2.45, 2.75) is 6.04 Å². The lowest BCUT2D eigenvalue weighted by molar-refractivity contribution is -0.119. The number of nitrogens with one attached hydrogen (secondary N) is 2. The minimum absolute atomic E-state index is 0.144. The molecule has 2 N–H and O–H groups in total. The van der Waals surface area contributed by atoms with Crippen molar-refractivity contribution >= 4 is 45.0 Å². The van der Waals surface area contributed by atoms with Gasteiger partial charge in [0, 0.05) is 21.9 Å². The van der Waals surface area contributed by atoms with Gasteiger partial charge in [-0.1, -0.05) is 48.5 Å². The largest absolute Gasteiger partial charge is 0.353 e. The SMILES string of the molecule is O=C(NC1C(=O)N(c2ccccc2F)c2ccccc21)c1cc2c(cn1)[nH]c1ccccc12. The maximum Gasteiger partial charge on any atom is 0.270 e. The Bertz CT molecular complexity index is 1580. The Balaban J connectivity index is 1.37. The molecule has 0 radical (unpaired) electrons. The molecule has 3 heterocycles. The molecule has 1 aliphatic heterocycles. The fraction of sp³-hybridized carbons (Fsp3) is 0.0385. The number of pyridine rings is 1. The summed E-state index contributed by atoms with van der Waals surface area (Å²) in [5.74, 6) is -1.42. The van der Waals surface area contributed by atoms with E-state index in [0.29, 0.717) is 11.3 Å². The van der Waals surface area contributed by atoms with Gasteiger partial charge in [0.2, 0.25) is 0 Å². The summed E-state index contributed by atoms with van der Waals surface area (Å²) in [4.78, 5) is 35.4. The molecule has 1 unspecified atom stereocenters. The lowest BCUT2D eigenvalue weighted by Gasteiger charge is -2.19. The molecule has 0 fully saturated rings. The maximum absolute atomic E-state index is 14.5. The number of benzene rings is 3. The van der Waals surface area contributed by atoms with E-state index in [2.05, 4.69) is 15.3 Å². The molecule has 3 aromatic carbocycles. The number of carbonyl (C=O) groups excluding carboxylic acids is 2. The monoisotopic (exact) mass is 436 g/mol. The maximum atomic E-state index is 14.5. The Morgan fingerprint density at radius 2 is 1.64 bits per heavy atom. The molecule has 2 aromatic heterocycles. The van der Waals surface area contributed by atoms with Crippen LogP contribution in [0.3, 0.4) is 0 Å². The number of halogens is 1. The molecule has 0 spiro atoms. The molecule has 1 aliphatic rings. The van der Waals surface area contributed by atoms with Gasteiger partial charge in [0.05, 0.1) is 23.1 Å². The number of aromatic nitrogens is 2. The molecule has 2 amide bonds. The van der Waals surface area contributed by atoms with E-state index in [1.807, 2.05) is 24.3 Å². The summed E-state index contributed by atoms with van der Waals surface area (Å²) in [6, 6.07) is 21.7. The second kappa shape index (κ2) is 7.27. The van der Waals surface area contributed by atoms with Gasteiger partial charge in [-0.15, -0.1) is 0 Å². The van der Waals surface area contributed by atoms with Crippen LogP contribution in [0.2, 0.25) is 0 Å². The molecular weight excluding hydrogens is 419 g/mol. The molecule has 0 aliphatic carbocycles. The summed E-state index contributed by atoms with van der Waals surface area (Å²) in [6.07, 6.45) is 1.61. The molecule has 7 heteroatoms. The van der Waals surface area contributed by atoms with Gasteiger partial charge in [0.1, 0.15) is 17.6 Å². The van der Waals surface area contributed by atoms with Crippen molar-refractivity contribution in [3.05, 3.63) is 102 Å². The van der Waals surface area contributed by atoms with E-state index >= 15 is 0 Å². The summed E-state index contributed by atoms with van der Waals surface area (Å²) in [5.41, 5.74) is 3.25. The fourth-order valence-electron chi connectivity index (χ4n) is 4.42. The molecule has 0 bridgehead atoms. The number of rotatable bonds is 3. The zero-order chi connectivity index (χ0) is 22.5. The second-order valence-electron chi connectivity index (χ2n) is 7.88. The molecule has 0 saturated heterocycles. The average Bonchev–Trinajstić information content (AvgIpc) is 3.34. The average molecular weight is 436 g/mol. The van der Waals surface area contributed by atoms with Gasteiger partial charge < -0.3 is 10.3 Å². The third-order valence-corrected chi connectivity index (χ3v) is 5.95. The van der Waals surface area contributed by atoms with E-state index in [4.69, 9.17) is 0 Å². The Hall–Kier alpha value is -4.52. The van der Waals surface area contributed by atoms with Gasteiger partial charge in [0.15, 0.2) is 0 Å².